The van der Waals surface area contributed by atoms with E-state index in [0.717, 1.165) is 36.6 Å². The number of ether oxygens (including phenoxy) is 1. The molecule has 1 fully saturated rings. The Morgan fingerprint density at radius 2 is 1.90 bits per heavy atom. The summed E-state index contributed by atoms with van der Waals surface area (Å²) in [7, 11) is 0. The number of amides is 1. The van der Waals surface area contributed by atoms with Crippen molar-refractivity contribution in [2.45, 2.75) is 26.3 Å². The molecule has 3 rings (SSSR count). The van der Waals surface area contributed by atoms with E-state index in [2.05, 4.69) is 29.4 Å². The van der Waals surface area contributed by atoms with Gasteiger partial charge in [-0.2, -0.15) is 0 Å². The molecule has 1 heterocycles. The quantitative estimate of drug-likeness (QED) is 0.666. The third-order valence-corrected chi connectivity index (χ3v) is 4.91. The highest BCUT2D eigenvalue weighted by molar-refractivity contribution is 6.04. The molecule has 1 aliphatic rings. The van der Waals surface area contributed by atoms with E-state index in [-0.39, 0.29) is 12.6 Å². The molecule has 0 aliphatic carbocycles. The summed E-state index contributed by atoms with van der Waals surface area (Å²) in [5.41, 5.74) is 2.46. The average molecular weight is 400 g/mol. The highest BCUT2D eigenvalue weighted by atomic mass is 19.1. The van der Waals surface area contributed by atoms with Gasteiger partial charge in [0.15, 0.2) is 0 Å². The van der Waals surface area contributed by atoms with Crippen LogP contribution < -0.4 is 20.3 Å². The lowest BCUT2D eigenvalue weighted by atomic mass is 10.2. The molecule has 0 aromatic heterocycles. The first-order valence-corrected chi connectivity index (χ1v) is 10.2. The van der Waals surface area contributed by atoms with Gasteiger partial charge in [-0.25, -0.2) is 4.39 Å². The lowest BCUT2D eigenvalue weighted by Crippen LogP contribution is -2.33. The van der Waals surface area contributed by atoms with E-state index >= 15 is 0 Å². The second kappa shape index (κ2) is 10.3. The summed E-state index contributed by atoms with van der Waals surface area (Å²) in [4.78, 5) is 14.7. The molecule has 156 valence electrons. The zero-order chi connectivity index (χ0) is 20.6. The molecule has 5 nitrogen and oxygen atoms in total. The SMILES string of the molecule is CC(C)COc1ccc(C(=O)Nc2ccc(N3CCC(NCCF)C3)cc2)cc1. The molecule has 6 heteroatoms. The van der Waals surface area contributed by atoms with Gasteiger partial charge in [-0.05, 0) is 60.9 Å². The van der Waals surface area contributed by atoms with Gasteiger partial charge in [-0.15, -0.1) is 0 Å². The maximum atomic E-state index is 12.5. The molecule has 1 amide bonds. The summed E-state index contributed by atoms with van der Waals surface area (Å²) in [6, 6.07) is 15.4. The van der Waals surface area contributed by atoms with Gasteiger partial charge in [0.05, 0.1) is 6.61 Å². The van der Waals surface area contributed by atoms with Crippen LogP contribution in [0.15, 0.2) is 48.5 Å². The summed E-state index contributed by atoms with van der Waals surface area (Å²) >= 11 is 0. The Morgan fingerprint density at radius 1 is 1.17 bits per heavy atom. The number of hydrogen-bond donors (Lipinski definition) is 2. The molecule has 2 aromatic carbocycles. The van der Waals surface area contributed by atoms with E-state index in [1.807, 2.05) is 36.4 Å². The number of carbonyl (C=O) groups excluding carboxylic acids is 1. The van der Waals surface area contributed by atoms with Crippen LogP contribution in [-0.2, 0) is 0 Å². The first-order valence-electron chi connectivity index (χ1n) is 10.2. The Labute approximate surface area is 172 Å². The van der Waals surface area contributed by atoms with E-state index in [1.54, 1.807) is 12.1 Å². The number of nitrogens with one attached hydrogen (secondary N) is 2. The number of alkyl halides is 1. The van der Waals surface area contributed by atoms with Crippen LogP contribution in [-0.4, -0.2) is 44.9 Å². The summed E-state index contributed by atoms with van der Waals surface area (Å²) in [5, 5.41) is 6.15. The van der Waals surface area contributed by atoms with Crippen LogP contribution in [0, 0.1) is 5.92 Å². The zero-order valence-corrected chi connectivity index (χ0v) is 17.2. The molecule has 2 N–H and O–H groups in total. The van der Waals surface area contributed by atoms with Crippen molar-refractivity contribution >= 4 is 17.3 Å². The summed E-state index contributed by atoms with van der Waals surface area (Å²) in [6.45, 7) is 6.74. The predicted molar refractivity (Wildman–Crippen MR) is 116 cm³/mol. The van der Waals surface area contributed by atoms with Crippen LogP contribution in [0.2, 0.25) is 0 Å². The van der Waals surface area contributed by atoms with Crippen molar-refractivity contribution in [2.75, 3.05) is 43.1 Å². The van der Waals surface area contributed by atoms with Crippen LogP contribution in [0.3, 0.4) is 0 Å². The van der Waals surface area contributed by atoms with Gasteiger partial charge in [-0.3, -0.25) is 4.79 Å². The lowest BCUT2D eigenvalue weighted by molar-refractivity contribution is 0.102. The second-order valence-electron chi connectivity index (χ2n) is 7.80. The molecule has 1 saturated heterocycles. The van der Waals surface area contributed by atoms with Gasteiger partial charge in [0, 0.05) is 42.6 Å². The number of hydrogen-bond acceptors (Lipinski definition) is 4. The molecule has 0 radical (unpaired) electrons. The van der Waals surface area contributed by atoms with Gasteiger partial charge >= 0.3 is 0 Å². The smallest absolute Gasteiger partial charge is 0.255 e. The number of benzene rings is 2. The number of rotatable bonds is 9. The van der Waals surface area contributed by atoms with Crippen LogP contribution in [0.5, 0.6) is 5.75 Å². The Bertz CT molecular complexity index is 778. The third kappa shape index (κ3) is 6.19. The molecule has 1 aliphatic heterocycles. The van der Waals surface area contributed by atoms with Crippen molar-refractivity contribution in [3.05, 3.63) is 54.1 Å². The van der Waals surface area contributed by atoms with Crippen LogP contribution >= 0.6 is 0 Å². The fourth-order valence-corrected chi connectivity index (χ4v) is 3.34. The van der Waals surface area contributed by atoms with Crippen LogP contribution in [0.1, 0.15) is 30.6 Å². The summed E-state index contributed by atoms with van der Waals surface area (Å²) < 4.78 is 18.0. The molecule has 29 heavy (non-hydrogen) atoms. The zero-order valence-electron chi connectivity index (χ0n) is 17.2. The largest absolute Gasteiger partial charge is 0.493 e. The topological polar surface area (TPSA) is 53.6 Å². The summed E-state index contributed by atoms with van der Waals surface area (Å²) in [5.74, 6) is 1.08. The average Bonchev–Trinajstić information content (AvgIpc) is 3.20. The highest BCUT2D eigenvalue weighted by Crippen LogP contribution is 2.23. The minimum absolute atomic E-state index is 0.148. The van der Waals surface area contributed by atoms with E-state index in [9.17, 15) is 9.18 Å². The number of halogens is 1. The maximum absolute atomic E-state index is 12.5. The normalized spacial score (nSPS) is 16.3. The van der Waals surface area contributed by atoms with Crippen molar-refractivity contribution in [3.63, 3.8) is 0 Å². The number of anilines is 2. The van der Waals surface area contributed by atoms with Crippen molar-refractivity contribution in [1.29, 1.82) is 0 Å². The molecule has 0 bridgehead atoms. The molecule has 2 aromatic rings. The maximum Gasteiger partial charge on any atom is 0.255 e. The molecule has 1 unspecified atom stereocenters. The minimum atomic E-state index is -0.335. The summed E-state index contributed by atoms with van der Waals surface area (Å²) in [6.07, 6.45) is 1.01. The molecule has 0 saturated carbocycles. The Kier molecular flexibility index (Phi) is 7.47. The lowest BCUT2D eigenvalue weighted by Gasteiger charge is -2.19. The first kappa shape index (κ1) is 21.1. The van der Waals surface area contributed by atoms with Crippen molar-refractivity contribution in [1.82, 2.24) is 5.32 Å². The van der Waals surface area contributed by atoms with Crippen molar-refractivity contribution in [3.8, 4) is 5.75 Å². The van der Waals surface area contributed by atoms with Crippen LogP contribution in [0.4, 0.5) is 15.8 Å². The van der Waals surface area contributed by atoms with E-state index in [1.165, 1.54) is 0 Å². The molecular formula is C23H30FN3O2. The third-order valence-electron chi connectivity index (χ3n) is 4.91. The van der Waals surface area contributed by atoms with Gasteiger partial charge < -0.3 is 20.3 Å². The fourth-order valence-electron chi connectivity index (χ4n) is 3.34. The van der Waals surface area contributed by atoms with Gasteiger partial charge in [0.25, 0.3) is 5.91 Å². The second-order valence-corrected chi connectivity index (χ2v) is 7.80. The van der Waals surface area contributed by atoms with E-state index in [4.69, 9.17) is 4.74 Å². The molecule has 0 spiro atoms. The Morgan fingerprint density at radius 3 is 2.55 bits per heavy atom. The van der Waals surface area contributed by atoms with Gasteiger partial charge in [0.1, 0.15) is 12.4 Å². The van der Waals surface area contributed by atoms with E-state index in [0.29, 0.717) is 30.7 Å². The highest BCUT2D eigenvalue weighted by Gasteiger charge is 2.22. The number of nitrogens with zero attached hydrogens (tertiary/aromatic N) is 1. The van der Waals surface area contributed by atoms with E-state index < -0.39 is 0 Å². The first-order chi connectivity index (χ1) is 14.0. The minimum Gasteiger partial charge on any atom is -0.493 e. The Hall–Kier alpha value is -2.60. The fraction of sp³-hybridized carbons (Fsp3) is 0.435. The predicted octanol–water partition coefficient (Wildman–Crippen LogP) is 4.11. The standard InChI is InChI=1S/C23H30FN3O2/c1-17(2)16-29-22-9-3-18(4-10-22)23(28)26-19-5-7-21(8-6-19)27-14-11-20(15-27)25-13-12-24/h3-10,17,20,25H,11-16H2,1-2H3,(H,26,28). The van der Waals surface area contributed by atoms with Crippen LogP contribution in [0.25, 0.3) is 0 Å². The molecule has 1 atom stereocenters. The number of carbonyl (C=O) groups is 1. The van der Waals surface area contributed by atoms with Crippen molar-refractivity contribution in [2.24, 2.45) is 5.92 Å². The monoisotopic (exact) mass is 399 g/mol. The van der Waals surface area contributed by atoms with Gasteiger partial charge in [0.2, 0.25) is 0 Å². The van der Waals surface area contributed by atoms with Gasteiger partial charge in [-0.1, -0.05) is 13.8 Å². The molecular weight excluding hydrogens is 369 g/mol. The van der Waals surface area contributed by atoms with Crippen molar-refractivity contribution < 1.29 is 13.9 Å². The Balaban J connectivity index is 1.52.